The summed E-state index contributed by atoms with van der Waals surface area (Å²) < 4.78 is 5.13. The van der Waals surface area contributed by atoms with Gasteiger partial charge in [-0.25, -0.2) is 0 Å². The smallest absolute Gasteiger partial charge is 0.168 e. The molecule has 1 aromatic carbocycles. The summed E-state index contributed by atoms with van der Waals surface area (Å²) in [5, 5.41) is 32.4. The van der Waals surface area contributed by atoms with Gasteiger partial charge in [-0.1, -0.05) is 35.4 Å². The van der Waals surface area contributed by atoms with Crippen molar-refractivity contribution in [2.24, 2.45) is 5.11 Å². The van der Waals surface area contributed by atoms with Crippen molar-refractivity contribution in [3.8, 4) is 0 Å². The van der Waals surface area contributed by atoms with Crippen LogP contribution in [-0.2, 0) is 16.0 Å². The lowest BCUT2D eigenvalue weighted by molar-refractivity contribution is -0.217. The summed E-state index contributed by atoms with van der Waals surface area (Å²) in [7, 11) is 0. The Bertz CT molecular complexity index is 546. The SMILES string of the molecule is [N-]=[N+]=N[C@@H]1O[C@H](C(=O)Cc2ccccc2)[C@H](O)[C@H](O)[C@H]1O. The highest BCUT2D eigenvalue weighted by Gasteiger charge is 2.45. The molecule has 1 aliphatic rings. The van der Waals surface area contributed by atoms with Crippen LogP contribution in [0.4, 0.5) is 0 Å². The van der Waals surface area contributed by atoms with Crippen LogP contribution in [0.5, 0.6) is 0 Å². The highest BCUT2D eigenvalue weighted by atomic mass is 16.5. The van der Waals surface area contributed by atoms with Gasteiger partial charge in [-0.3, -0.25) is 4.79 Å². The molecule has 0 spiro atoms. The van der Waals surface area contributed by atoms with E-state index < -0.39 is 36.4 Å². The standard InChI is InChI=1S/C13H15N3O5/c14-16-15-13-11(20)9(18)10(19)12(21-13)8(17)6-7-4-2-1-3-5-7/h1-5,9-13,18-20H,6H2/t9-,10+,11+,12+,13+/m0/s1. The number of aliphatic hydroxyl groups is 3. The lowest BCUT2D eigenvalue weighted by Crippen LogP contribution is -2.59. The van der Waals surface area contributed by atoms with Crippen molar-refractivity contribution in [3.63, 3.8) is 0 Å². The Morgan fingerprint density at radius 3 is 2.48 bits per heavy atom. The van der Waals surface area contributed by atoms with Crippen LogP contribution in [0, 0.1) is 0 Å². The molecule has 1 aromatic rings. The Balaban J connectivity index is 2.13. The van der Waals surface area contributed by atoms with Gasteiger partial charge in [-0.05, 0) is 11.1 Å². The van der Waals surface area contributed by atoms with Gasteiger partial charge >= 0.3 is 0 Å². The zero-order chi connectivity index (χ0) is 15.4. The zero-order valence-electron chi connectivity index (χ0n) is 11.0. The molecule has 8 heteroatoms. The third-order valence-electron chi connectivity index (χ3n) is 3.29. The number of ketones is 1. The summed E-state index contributed by atoms with van der Waals surface area (Å²) in [6.07, 6.45) is -7.58. The van der Waals surface area contributed by atoms with Gasteiger partial charge in [0.2, 0.25) is 0 Å². The fourth-order valence-electron chi connectivity index (χ4n) is 2.17. The Morgan fingerprint density at radius 2 is 1.86 bits per heavy atom. The number of Topliss-reactive ketones (excluding diaryl/α,β-unsaturated/α-hetero) is 1. The molecule has 5 atom stereocenters. The van der Waals surface area contributed by atoms with Crippen molar-refractivity contribution in [2.45, 2.75) is 37.1 Å². The normalized spacial score (nSPS) is 32.2. The van der Waals surface area contributed by atoms with Gasteiger partial charge in [0, 0.05) is 11.3 Å². The van der Waals surface area contributed by atoms with Crippen LogP contribution in [0.1, 0.15) is 5.56 Å². The van der Waals surface area contributed by atoms with Gasteiger partial charge in [0.1, 0.15) is 24.4 Å². The van der Waals surface area contributed by atoms with E-state index in [1.54, 1.807) is 30.3 Å². The van der Waals surface area contributed by atoms with Crippen LogP contribution < -0.4 is 0 Å². The average molecular weight is 293 g/mol. The van der Waals surface area contributed by atoms with Crippen LogP contribution >= 0.6 is 0 Å². The molecule has 1 heterocycles. The van der Waals surface area contributed by atoms with Crippen molar-refractivity contribution in [3.05, 3.63) is 46.3 Å². The van der Waals surface area contributed by atoms with Crippen LogP contribution in [0.2, 0.25) is 0 Å². The van der Waals surface area contributed by atoms with Gasteiger partial charge < -0.3 is 20.1 Å². The fourth-order valence-corrected chi connectivity index (χ4v) is 2.17. The second-order valence-corrected chi connectivity index (χ2v) is 4.75. The number of hydrogen-bond donors (Lipinski definition) is 3. The predicted molar refractivity (Wildman–Crippen MR) is 71.0 cm³/mol. The van der Waals surface area contributed by atoms with Crippen molar-refractivity contribution in [1.29, 1.82) is 0 Å². The molecule has 0 radical (unpaired) electrons. The molecule has 0 unspecified atom stereocenters. The summed E-state index contributed by atoms with van der Waals surface area (Å²) >= 11 is 0. The van der Waals surface area contributed by atoms with Crippen LogP contribution in [0.15, 0.2) is 35.4 Å². The first-order valence-electron chi connectivity index (χ1n) is 6.35. The van der Waals surface area contributed by atoms with Crippen molar-refractivity contribution in [2.75, 3.05) is 0 Å². The maximum atomic E-state index is 12.2. The van der Waals surface area contributed by atoms with Crippen LogP contribution in [-0.4, -0.2) is 51.7 Å². The number of carbonyl (C=O) groups is 1. The molecule has 0 amide bonds. The van der Waals surface area contributed by atoms with Crippen molar-refractivity contribution >= 4 is 5.78 Å². The number of hydrogen-bond acceptors (Lipinski definition) is 6. The van der Waals surface area contributed by atoms with Gasteiger partial charge in [0.15, 0.2) is 12.0 Å². The Morgan fingerprint density at radius 1 is 1.19 bits per heavy atom. The zero-order valence-corrected chi connectivity index (χ0v) is 11.0. The molecule has 0 aromatic heterocycles. The van der Waals surface area contributed by atoms with E-state index >= 15 is 0 Å². The summed E-state index contributed by atoms with van der Waals surface area (Å²) in [6.45, 7) is 0. The first-order chi connectivity index (χ1) is 10.0. The third-order valence-corrected chi connectivity index (χ3v) is 3.29. The van der Waals surface area contributed by atoms with Crippen LogP contribution in [0.25, 0.3) is 10.4 Å². The van der Waals surface area contributed by atoms with E-state index in [4.69, 9.17) is 10.3 Å². The largest absolute Gasteiger partial charge is 0.387 e. The van der Waals surface area contributed by atoms with Gasteiger partial charge in [-0.2, -0.15) is 0 Å². The summed E-state index contributed by atoms with van der Waals surface area (Å²) in [6, 6.07) is 8.81. The van der Waals surface area contributed by atoms with Gasteiger partial charge in [0.05, 0.1) is 0 Å². The lowest BCUT2D eigenvalue weighted by Gasteiger charge is -2.38. The number of ether oxygens (including phenoxy) is 1. The highest BCUT2D eigenvalue weighted by Crippen LogP contribution is 2.23. The molecular weight excluding hydrogens is 278 g/mol. The van der Waals surface area contributed by atoms with E-state index in [1.165, 1.54) is 0 Å². The molecule has 112 valence electrons. The second-order valence-electron chi connectivity index (χ2n) is 4.75. The molecular formula is C13H15N3O5. The minimum absolute atomic E-state index is 0.00559. The minimum atomic E-state index is -1.63. The fraction of sp³-hybridized carbons (Fsp3) is 0.462. The van der Waals surface area contributed by atoms with Crippen LogP contribution in [0.3, 0.4) is 0 Å². The van der Waals surface area contributed by atoms with E-state index in [-0.39, 0.29) is 6.42 Å². The van der Waals surface area contributed by atoms with Gasteiger partial charge in [-0.15, -0.1) is 0 Å². The molecule has 0 bridgehead atoms. The number of carbonyl (C=O) groups excluding carboxylic acids is 1. The maximum absolute atomic E-state index is 12.2. The average Bonchev–Trinajstić information content (AvgIpc) is 2.49. The number of aliphatic hydroxyl groups excluding tert-OH is 3. The first kappa shape index (κ1) is 15.4. The van der Waals surface area contributed by atoms with Crippen molar-refractivity contribution in [1.82, 2.24) is 0 Å². The summed E-state index contributed by atoms with van der Waals surface area (Å²) in [5.41, 5.74) is 9.11. The topological polar surface area (TPSA) is 136 Å². The predicted octanol–water partition coefficient (Wildman–Crippen LogP) is -0.0839. The first-order valence-corrected chi connectivity index (χ1v) is 6.35. The highest BCUT2D eigenvalue weighted by molar-refractivity contribution is 5.86. The Hall–Kier alpha value is -1.96. The monoisotopic (exact) mass is 293 g/mol. The molecule has 21 heavy (non-hydrogen) atoms. The molecule has 2 rings (SSSR count). The molecule has 1 aliphatic heterocycles. The maximum Gasteiger partial charge on any atom is 0.168 e. The van der Waals surface area contributed by atoms with E-state index in [9.17, 15) is 20.1 Å². The molecule has 1 fully saturated rings. The van der Waals surface area contributed by atoms with Crippen molar-refractivity contribution < 1.29 is 24.9 Å². The van der Waals surface area contributed by atoms with E-state index in [0.717, 1.165) is 5.56 Å². The Labute approximate surface area is 120 Å². The number of nitrogens with zero attached hydrogens (tertiary/aromatic N) is 3. The number of rotatable bonds is 4. The summed E-state index contributed by atoms with van der Waals surface area (Å²) in [4.78, 5) is 14.7. The quantitative estimate of drug-likeness (QED) is 0.405. The number of benzene rings is 1. The molecule has 3 N–H and O–H groups in total. The van der Waals surface area contributed by atoms with E-state index in [2.05, 4.69) is 10.0 Å². The molecule has 8 nitrogen and oxygen atoms in total. The molecule has 0 saturated carbocycles. The molecule has 1 saturated heterocycles. The minimum Gasteiger partial charge on any atom is -0.387 e. The Kier molecular flexibility index (Phi) is 4.89. The van der Waals surface area contributed by atoms with Gasteiger partial charge in [0.25, 0.3) is 0 Å². The van der Waals surface area contributed by atoms with E-state index in [0.29, 0.717) is 0 Å². The molecule has 0 aliphatic carbocycles. The number of azide groups is 1. The van der Waals surface area contributed by atoms with E-state index in [1.807, 2.05) is 0 Å². The summed E-state index contributed by atoms with van der Waals surface area (Å²) in [5.74, 6) is -0.474. The lowest BCUT2D eigenvalue weighted by atomic mass is 9.93. The second kappa shape index (κ2) is 6.66. The third kappa shape index (κ3) is 3.38.